The summed E-state index contributed by atoms with van der Waals surface area (Å²) in [5, 5.41) is 13.6. The van der Waals surface area contributed by atoms with Crippen LogP contribution in [0, 0.1) is 24.0 Å². The van der Waals surface area contributed by atoms with Gasteiger partial charge in [-0.2, -0.15) is 0 Å². The molecule has 8 nitrogen and oxygen atoms in total. The van der Waals surface area contributed by atoms with Gasteiger partial charge in [-0.15, -0.1) is 0 Å². The Morgan fingerprint density at radius 1 is 0.933 bits per heavy atom. The molecular formula is C21H19N3O5S. The zero-order chi connectivity index (χ0) is 21.9. The lowest BCUT2D eigenvalue weighted by atomic mass is 10.1. The van der Waals surface area contributed by atoms with Crippen molar-refractivity contribution in [3.05, 3.63) is 93.5 Å². The van der Waals surface area contributed by atoms with Crippen LogP contribution in [-0.2, 0) is 10.0 Å². The van der Waals surface area contributed by atoms with Crippen LogP contribution in [-0.4, -0.2) is 19.2 Å². The second-order valence-electron chi connectivity index (χ2n) is 6.67. The van der Waals surface area contributed by atoms with Crippen LogP contribution in [0.1, 0.15) is 21.5 Å². The lowest BCUT2D eigenvalue weighted by molar-refractivity contribution is -0.384. The van der Waals surface area contributed by atoms with Crippen molar-refractivity contribution in [2.24, 2.45) is 0 Å². The van der Waals surface area contributed by atoms with Crippen LogP contribution >= 0.6 is 0 Å². The highest BCUT2D eigenvalue weighted by Crippen LogP contribution is 2.25. The third-order valence-electron chi connectivity index (χ3n) is 4.43. The molecule has 0 bridgehead atoms. The van der Waals surface area contributed by atoms with Crippen molar-refractivity contribution in [2.75, 3.05) is 10.0 Å². The average molecular weight is 425 g/mol. The van der Waals surface area contributed by atoms with Crippen LogP contribution in [0.4, 0.5) is 17.1 Å². The number of nitro benzene ring substituents is 1. The summed E-state index contributed by atoms with van der Waals surface area (Å²) in [6, 6.07) is 16.6. The van der Waals surface area contributed by atoms with E-state index >= 15 is 0 Å². The Labute approximate surface area is 173 Å². The zero-order valence-corrected chi connectivity index (χ0v) is 17.1. The first-order chi connectivity index (χ1) is 14.2. The second kappa shape index (κ2) is 8.34. The standard InChI is InChI=1S/C21H19N3O5S/c1-14-7-11-17(12-8-14)30(28,29)23-19-6-4-3-5-18(19)21(25)22-20-13-16(24(26)27)10-9-15(20)2/h3-13,23H,1-2H3,(H,22,25). The summed E-state index contributed by atoms with van der Waals surface area (Å²) >= 11 is 0. The van der Waals surface area contributed by atoms with E-state index in [-0.39, 0.29) is 27.5 Å². The molecule has 0 radical (unpaired) electrons. The second-order valence-corrected chi connectivity index (χ2v) is 8.36. The van der Waals surface area contributed by atoms with Gasteiger partial charge in [0.15, 0.2) is 0 Å². The first kappa shape index (κ1) is 21.0. The number of amides is 1. The number of benzene rings is 3. The first-order valence-electron chi connectivity index (χ1n) is 8.92. The molecule has 0 unspecified atom stereocenters. The van der Waals surface area contributed by atoms with E-state index in [2.05, 4.69) is 10.0 Å². The molecule has 0 saturated heterocycles. The predicted molar refractivity (Wildman–Crippen MR) is 114 cm³/mol. The number of nitro groups is 1. The highest BCUT2D eigenvalue weighted by atomic mass is 32.2. The van der Waals surface area contributed by atoms with Gasteiger partial charge in [-0.05, 0) is 43.7 Å². The largest absolute Gasteiger partial charge is 0.321 e. The monoisotopic (exact) mass is 425 g/mol. The maximum atomic E-state index is 12.8. The number of non-ortho nitro benzene ring substituents is 1. The van der Waals surface area contributed by atoms with E-state index in [9.17, 15) is 23.3 Å². The first-order valence-corrected chi connectivity index (χ1v) is 10.4. The van der Waals surface area contributed by atoms with Crippen LogP contribution in [0.5, 0.6) is 0 Å². The van der Waals surface area contributed by atoms with Crippen molar-refractivity contribution in [1.82, 2.24) is 0 Å². The summed E-state index contributed by atoms with van der Waals surface area (Å²) in [6.45, 7) is 3.55. The number of rotatable bonds is 6. The Morgan fingerprint density at radius 2 is 1.60 bits per heavy atom. The van der Waals surface area contributed by atoms with Gasteiger partial charge in [0, 0.05) is 12.1 Å². The molecule has 3 rings (SSSR count). The van der Waals surface area contributed by atoms with Crippen molar-refractivity contribution < 1.29 is 18.1 Å². The summed E-state index contributed by atoms with van der Waals surface area (Å²) in [6.07, 6.45) is 0. The molecule has 0 aliphatic rings. The Balaban J connectivity index is 1.90. The topological polar surface area (TPSA) is 118 Å². The third kappa shape index (κ3) is 4.64. The van der Waals surface area contributed by atoms with Crippen LogP contribution in [0.15, 0.2) is 71.6 Å². The number of carbonyl (C=O) groups excluding carboxylic acids is 1. The van der Waals surface area contributed by atoms with Crippen molar-refractivity contribution >= 4 is 33.0 Å². The summed E-state index contributed by atoms with van der Waals surface area (Å²) in [7, 11) is -3.90. The molecule has 3 aromatic rings. The van der Waals surface area contributed by atoms with Crippen molar-refractivity contribution in [2.45, 2.75) is 18.7 Å². The van der Waals surface area contributed by atoms with Crippen molar-refractivity contribution in [1.29, 1.82) is 0 Å². The molecule has 0 aromatic heterocycles. The van der Waals surface area contributed by atoms with Gasteiger partial charge in [0.2, 0.25) is 0 Å². The minimum absolute atomic E-state index is 0.0674. The van der Waals surface area contributed by atoms with E-state index < -0.39 is 20.9 Å². The molecule has 9 heteroatoms. The van der Waals surface area contributed by atoms with Crippen LogP contribution < -0.4 is 10.0 Å². The fourth-order valence-corrected chi connectivity index (χ4v) is 3.82. The quantitative estimate of drug-likeness (QED) is 0.452. The number of nitrogens with one attached hydrogen (secondary N) is 2. The van der Waals surface area contributed by atoms with Gasteiger partial charge >= 0.3 is 0 Å². The number of hydrogen-bond acceptors (Lipinski definition) is 5. The number of para-hydroxylation sites is 1. The average Bonchev–Trinajstić information content (AvgIpc) is 2.70. The molecule has 3 aromatic carbocycles. The molecule has 154 valence electrons. The number of sulfonamides is 1. The maximum absolute atomic E-state index is 12.8. The maximum Gasteiger partial charge on any atom is 0.271 e. The van der Waals surface area contributed by atoms with Crippen molar-refractivity contribution in [3.8, 4) is 0 Å². The highest BCUT2D eigenvalue weighted by Gasteiger charge is 2.19. The molecular weight excluding hydrogens is 406 g/mol. The molecule has 0 atom stereocenters. The third-order valence-corrected chi connectivity index (χ3v) is 5.81. The van der Waals surface area contributed by atoms with E-state index in [0.717, 1.165) is 5.56 Å². The number of aryl methyl sites for hydroxylation is 2. The minimum Gasteiger partial charge on any atom is -0.321 e. The van der Waals surface area contributed by atoms with E-state index in [1.165, 1.54) is 42.5 Å². The molecule has 0 heterocycles. The Morgan fingerprint density at radius 3 is 2.27 bits per heavy atom. The molecule has 30 heavy (non-hydrogen) atoms. The van der Waals surface area contributed by atoms with Gasteiger partial charge in [0.05, 0.1) is 26.8 Å². The van der Waals surface area contributed by atoms with Crippen LogP contribution in [0.2, 0.25) is 0 Å². The molecule has 0 aliphatic heterocycles. The van der Waals surface area contributed by atoms with Gasteiger partial charge in [-0.1, -0.05) is 35.9 Å². The lowest BCUT2D eigenvalue weighted by Gasteiger charge is -2.14. The SMILES string of the molecule is Cc1ccc(S(=O)(=O)Nc2ccccc2C(=O)Nc2cc([N+](=O)[O-])ccc2C)cc1. The zero-order valence-electron chi connectivity index (χ0n) is 16.2. The number of hydrogen-bond donors (Lipinski definition) is 2. The van der Waals surface area contributed by atoms with Crippen molar-refractivity contribution in [3.63, 3.8) is 0 Å². The summed E-state index contributed by atoms with van der Waals surface area (Å²) < 4.78 is 27.8. The number of anilines is 2. The van der Waals surface area contributed by atoms with Gasteiger partial charge in [-0.25, -0.2) is 8.42 Å². The summed E-state index contributed by atoms with van der Waals surface area (Å²) in [5.41, 5.74) is 1.83. The van der Waals surface area contributed by atoms with Crippen LogP contribution in [0.3, 0.4) is 0 Å². The van der Waals surface area contributed by atoms with Gasteiger partial charge < -0.3 is 5.32 Å². The lowest BCUT2D eigenvalue weighted by Crippen LogP contribution is -2.19. The number of nitrogens with zero attached hydrogens (tertiary/aromatic N) is 1. The predicted octanol–water partition coefficient (Wildman–Crippen LogP) is 4.26. The highest BCUT2D eigenvalue weighted by molar-refractivity contribution is 7.92. The summed E-state index contributed by atoms with van der Waals surface area (Å²) in [4.78, 5) is 23.3. The molecule has 0 aliphatic carbocycles. The molecule has 0 fully saturated rings. The van der Waals surface area contributed by atoms with E-state index in [1.54, 1.807) is 31.2 Å². The Kier molecular flexibility index (Phi) is 5.84. The van der Waals surface area contributed by atoms with E-state index in [1.807, 2.05) is 6.92 Å². The van der Waals surface area contributed by atoms with E-state index in [0.29, 0.717) is 5.56 Å². The van der Waals surface area contributed by atoms with Gasteiger partial charge in [0.25, 0.3) is 21.6 Å². The molecule has 0 saturated carbocycles. The fourth-order valence-electron chi connectivity index (χ4n) is 2.74. The fraction of sp³-hybridized carbons (Fsp3) is 0.0952. The molecule has 1 amide bonds. The van der Waals surface area contributed by atoms with Gasteiger partial charge in [0.1, 0.15) is 0 Å². The summed E-state index contributed by atoms with van der Waals surface area (Å²) in [5.74, 6) is -0.596. The molecule has 0 spiro atoms. The number of carbonyl (C=O) groups is 1. The van der Waals surface area contributed by atoms with Gasteiger partial charge in [-0.3, -0.25) is 19.6 Å². The van der Waals surface area contributed by atoms with Crippen LogP contribution in [0.25, 0.3) is 0 Å². The minimum atomic E-state index is -3.90. The normalized spacial score (nSPS) is 11.0. The molecule has 2 N–H and O–H groups in total. The Bertz CT molecular complexity index is 1220. The Hall–Kier alpha value is -3.72. The van der Waals surface area contributed by atoms with E-state index in [4.69, 9.17) is 0 Å². The smallest absolute Gasteiger partial charge is 0.271 e.